The Morgan fingerprint density at radius 3 is 3.00 bits per heavy atom. The average molecular weight is 296 g/mol. The molecule has 20 heavy (non-hydrogen) atoms. The molecule has 3 N–H and O–H groups in total. The van der Waals surface area contributed by atoms with E-state index in [4.69, 9.17) is 4.74 Å². The Morgan fingerprint density at radius 2 is 2.25 bits per heavy atom. The van der Waals surface area contributed by atoms with E-state index in [1.54, 1.807) is 18.4 Å². The highest BCUT2D eigenvalue weighted by atomic mass is 32.1. The van der Waals surface area contributed by atoms with E-state index in [9.17, 15) is 5.11 Å². The van der Waals surface area contributed by atoms with Crippen LogP contribution in [0.4, 0.5) is 11.8 Å². The number of rotatable bonds is 8. The second-order valence-electron chi connectivity index (χ2n) is 4.45. The predicted octanol–water partition coefficient (Wildman–Crippen LogP) is 1.93. The summed E-state index contributed by atoms with van der Waals surface area (Å²) in [5.74, 6) is 1.36. The van der Waals surface area contributed by atoms with Gasteiger partial charge in [0.05, 0.1) is 18.1 Å². The van der Waals surface area contributed by atoms with Crippen molar-refractivity contribution in [3.05, 3.63) is 11.4 Å². The van der Waals surface area contributed by atoms with Crippen molar-refractivity contribution >= 4 is 33.3 Å². The minimum atomic E-state index is -0.560. The summed E-state index contributed by atoms with van der Waals surface area (Å²) in [4.78, 5) is 9.86. The monoisotopic (exact) mass is 296 g/mol. The van der Waals surface area contributed by atoms with Gasteiger partial charge in [0.15, 0.2) is 0 Å². The second kappa shape index (κ2) is 7.37. The average Bonchev–Trinajstić information content (AvgIpc) is 2.91. The van der Waals surface area contributed by atoms with Gasteiger partial charge in [-0.2, -0.15) is 4.98 Å². The van der Waals surface area contributed by atoms with Crippen LogP contribution in [-0.4, -0.2) is 48.0 Å². The summed E-state index contributed by atoms with van der Waals surface area (Å²) in [7, 11) is 1.57. The molecule has 0 aliphatic rings. The lowest BCUT2D eigenvalue weighted by Crippen LogP contribution is -2.24. The summed E-state index contributed by atoms with van der Waals surface area (Å²) in [6, 6.07) is 1.98. The molecule has 0 spiro atoms. The van der Waals surface area contributed by atoms with Gasteiger partial charge in [0, 0.05) is 20.2 Å². The Morgan fingerprint density at radius 1 is 1.40 bits per heavy atom. The Hall–Kier alpha value is -1.44. The number of hydrogen-bond acceptors (Lipinski definition) is 7. The molecule has 2 aromatic rings. The Labute approximate surface area is 122 Å². The Bertz CT molecular complexity index is 546. The van der Waals surface area contributed by atoms with Crippen molar-refractivity contribution in [2.75, 3.05) is 37.4 Å². The van der Waals surface area contributed by atoms with E-state index in [0.29, 0.717) is 19.1 Å². The fourth-order valence-corrected chi connectivity index (χ4v) is 2.54. The van der Waals surface area contributed by atoms with Crippen molar-refractivity contribution in [2.45, 2.75) is 19.4 Å². The van der Waals surface area contributed by atoms with Crippen molar-refractivity contribution < 1.29 is 9.84 Å². The molecule has 110 valence electrons. The smallest absolute Gasteiger partial charge is 0.226 e. The first kappa shape index (κ1) is 15.0. The van der Waals surface area contributed by atoms with Crippen LogP contribution in [0.15, 0.2) is 11.4 Å². The zero-order valence-electron chi connectivity index (χ0n) is 11.7. The minimum Gasteiger partial charge on any atom is -0.389 e. The molecule has 0 fully saturated rings. The van der Waals surface area contributed by atoms with Crippen LogP contribution in [-0.2, 0) is 4.74 Å². The van der Waals surface area contributed by atoms with E-state index in [2.05, 4.69) is 27.5 Å². The lowest BCUT2D eigenvalue weighted by atomic mass is 10.3. The van der Waals surface area contributed by atoms with Crippen molar-refractivity contribution in [1.29, 1.82) is 0 Å². The number of aliphatic hydroxyl groups is 1. The first-order chi connectivity index (χ1) is 9.74. The number of nitrogens with one attached hydrogen (secondary N) is 2. The van der Waals surface area contributed by atoms with Crippen LogP contribution in [0.25, 0.3) is 10.2 Å². The van der Waals surface area contributed by atoms with E-state index in [1.165, 1.54) is 0 Å². The lowest BCUT2D eigenvalue weighted by molar-refractivity contribution is 0.0727. The summed E-state index contributed by atoms with van der Waals surface area (Å²) in [5, 5.41) is 19.0. The predicted molar refractivity (Wildman–Crippen MR) is 82.6 cm³/mol. The molecular formula is C13H20N4O2S. The van der Waals surface area contributed by atoms with E-state index < -0.39 is 6.10 Å². The molecule has 7 heteroatoms. The summed E-state index contributed by atoms with van der Waals surface area (Å²) in [6.07, 6.45) is 0.455. The first-order valence-electron chi connectivity index (χ1n) is 6.64. The fraction of sp³-hybridized carbons (Fsp3) is 0.538. The molecule has 0 saturated heterocycles. The van der Waals surface area contributed by atoms with Gasteiger partial charge in [-0.1, -0.05) is 6.92 Å². The van der Waals surface area contributed by atoms with Crippen LogP contribution in [0.2, 0.25) is 0 Å². The normalized spacial score (nSPS) is 12.6. The third kappa shape index (κ3) is 3.78. The van der Waals surface area contributed by atoms with Gasteiger partial charge in [-0.25, -0.2) is 4.98 Å². The van der Waals surface area contributed by atoms with E-state index in [0.717, 1.165) is 29.0 Å². The molecule has 0 aliphatic carbocycles. The number of aliphatic hydroxyl groups excluding tert-OH is 1. The largest absolute Gasteiger partial charge is 0.389 e. The highest BCUT2D eigenvalue weighted by Gasteiger charge is 2.10. The van der Waals surface area contributed by atoms with Gasteiger partial charge in [-0.05, 0) is 17.9 Å². The van der Waals surface area contributed by atoms with Gasteiger partial charge < -0.3 is 20.5 Å². The van der Waals surface area contributed by atoms with Gasteiger partial charge in [0.1, 0.15) is 10.6 Å². The maximum atomic E-state index is 9.70. The molecule has 1 unspecified atom stereocenters. The molecule has 0 saturated carbocycles. The topological polar surface area (TPSA) is 79.3 Å². The zero-order valence-corrected chi connectivity index (χ0v) is 12.5. The first-order valence-corrected chi connectivity index (χ1v) is 7.52. The van der Waals surface area contributed by atoms with Gasteiger partial charge in [-0.15, -0.1) is 11.3 Å². The molecular weight excluding hydrogens is 276 g/mol. The van der Waals surface area contributed by atoms with Crippen LogP contribution in [0.3, 0.4) is 0 Å². The summed E-state index contributed by atoms with van der Waals surface area (Å²) < 4.78 is 4.91. The molecule has 1 atom stereocenters. The number of nitrogens with zero attached hydrogens (tertiary/aromatic N) is 2. The van der Waals surface area contributed by atoms with E-state index in [-0.39, 0.29) is 0 Å². The van der Waals surface area contributed by atoms with Crippen molar-refractivity contribution in [3.8, 4) is 0 Å². The number of methoxy groups -OCH3 is 1. The highest BCUT2D eigenvalue weighted by molar-refractivity contribution is 7.16. The fourth-order valence-electron chi connectivity index (χ4n) is 1.77. The highest BCUT2D eigenvalue weighted by Crippen LogP contribution is 2.26. The number of anilines is 2. The number of aromatic nitrogens is 2. The van der Waals surface area contributed by atoms with Gasteiger partial charge in [0.2, 0.25) is 5.95 Å². The van der Waals surface area contributed by atoms with Crippen LogP contribution < -0.4 is 10.6 Å². The van der Waals surface area contributed by atoms with Crippen LogP contribution in [0.5, 0.6) is 0 Å². The van der Waals surface area contributed by atoms with Crippen LogP contribution in [0, 0.1) is 0 Å². The molecule has 0 aromatic carbocycles. The summed E-state index contributed by atoms with van der Waals surface area (Å²) in [5.41, 5.74) is 0. The molecule has 2 aromatic heterocycles. The third-order valence-electron chi connectivity index (χ3n) is 2.72. The summed E-state index contributed by atoms with van der Waals surface area (Å²) in [6.45, 7) is 3.62. The SMILES string of the molecule is CCCNc1nc(NCC(O)COC)c2ccsc2n1. The lowest BCUT2D eigenvalue weighted by Gasteiger charge is -2.13. The quantitative estimate of drug-likeness (QED) is 0.691. The molecule has 6 nitrogen and oxygen atoms in total. The molecule has 0 radical (unpaired) electrons. The molecule has 0 aliphatic heterocycles. The van der Waals surface area contributed by atoms with Crippen molar-refractivity contribution in [2.24, 2.45) is 0 Å². The number of thiophene rings is 1. The third-order valence-corrected chi connectivity index (χ3v) is 3.53. The van der Waals surface area contributed by atoms with Gasteiger partial charge in [0.25, 0.3) is 0 Å². The maximum absolute atomic E-state index is 9.70. The number of hydrogen-bond donors (Lipinski definition) is 3. The second-order valence-corrected chi connectivity index (χ2v) is 5.35. The van der Waals surface area contributed by atoms with Gasteiger partial charge >= 0.3 is 0 Å². The molecule has 2 rings (SSSR count). The standard InChI is InChI=1S/C13H20N4O2S/c1-3-5-14-13-16-11(15-7-9(18)8-19-2)10-4-6-20-12(10)17-13/h4,6,9,18H,3,5,7-8H2,1-2H3,(H2,14,15,16,17). The van der Waals surface area contributed by atoms with E-state index >= 15 is 0 Å². The van der Waals surface area contributed by atoms with Gasteiger partial charge in [-0.3, -0.25) is 0 Å². The van der Waals surface area contributed by atoms with Crippen LogP contribution >= 0.6 is 11.3 Å². The minimum absolute atomic E-state index is 0.297. The zero-order chi connectivity index (χ0) is 14.4. The number of ether oxygens (including phenoxy) is 1. The van der Waals surface area contributed by atoms with Crippen molar-refractivity contribution in [1.82, 2.24) is 9.97 Å². The van der Waals surface area contributed by atoms with E-state index in [1.807, 2.05) is 11.4 Å². The van der Waals surface area contributed by atoms with Crippen molar-refractivity contribution in [3.63, 3.8) is 0 Å². The Kier molecular flexibility index (Phi) is 5.51. The summed E-state index contributed by atoms with van der Waals surface area (Å²) >= 11 is 1.58. The molecule has 0 amide bonds. The molecule has 0 bridgehead atoms. The maximum Gasteiger partial charge on any atom is 0.226 e. The van der Waals surface area contributed by atoms with Crippen LogP contribution in [0.1, 0.15) is 13.3 Å². The molecule has 2 heterocycles. The number of fused-ring (bicyclic) bond motifs is 1. The Balaban J connectivity index is 2.14.